The average Bonchev–Trinajstić information content (AvgIpc) is 2.47. The van der Waals surface area contributed by atoms with Crippen molar-refractivity contribution in [3.05, 3.63) is 27.7 Å². The van der Waals surface area contributed by atoms with Gasteiger partial charge in [0.05, 0.1) is 10.2 Å². The highest BCUT2D eigenvalue weighted by Crippen LogP contribution is 2.28. The van der Waals surface area contributed by atoms with Gasteiger partial charge in [0, 0.05) is 6.61 Å². The molecule has 0 fully saturated rings. The second kappa shape index (κ2) is 3.74. The van der Waals surface area contributed by atoms with Crippen molar-refractivity contribution in [2.75, 3.05) is 6.61 Å². The van der Waals surface area contributed by atoms with Gasteiger partial charge in [-0.3, -0.25) is 0 Å². The lowest BCUT2D eigenvalue weighted by Crippen LogP contribution is -1.91. The van der Waals surface area contributed by atoms with Crippen molar-refractivity contribution in [2.45, 2.75) is 6.42 Å². The lowest BCUT2D eigenvalue weighted by Gasteiger charge is -1.97. The van der Waals surface area contributed by atoms with Gasteiger partial charge in [-0.2, -0.15) is 0 Å². The summed E-state index contributed by atoms with van der Waals surface area (Å²) in [6.07, 6.45) is 0.674. The normalized spacial score (nSPS) is 10.9. The fourth-order valence-corrected chi connectivity index (χ4v) is 2.74. The number of nitrogens with zero attached hydrogens (tertiary/aromatic N) is 1. The van der Waals surface area contributed by atoms with Crippen LogP contribution in [0.5, 0.6) is 0 Å². The first-order valence-electron chi connectivity index (χ1n) is 3.96. The molecule has 0 aliphatic rings. The van der Waals surface area contributed by atoms with Crippen LogP contribution < -0.4 is 0 Å². The largest absolute Gasteiger partial charge is 0.396 e. The molecule has 0 saturated heterocycles. The molecule has 1 heterocycles. The summed E-state index contributed by atoms with van der Waals surface area (Å²) >= 11 is 4.97. The van der Waals surface area contributed by atoms with E-state index in [0.717, 1.165) is 19.7 Å². The van der Waals surface area contributed by atoms with Gasteiger partial charge in [-0.15, -0.1) is 11.3 Å². The SMILES string of the molecule is OCCc1cccc2sc(Br)nc12. The number of hydrogen-bond donors (Lipinski definition) is 1. The Hall–Kier alpha value is -0.450. The lowest BCUT2D eigenvalue weighted by molar-refractivity contribution is 0.300. The standard InChI is InChI=1S/C9H8BrNOS/c10-9-11-8-6(4-5-12)2-1-3-7(8)13-9/h1-3,12H,4-5H2. The third-order valence-electron chi connectivity index (χ3n) is 1.86. The fraction of sp³-hybridized carbons (Fsp3) is 0.222. The molecule has 0 unspecified atom stereocenters. The number of halogens is 1. The second-order valence-electron chi connectivity index (χ2n) is 2.70. The molecular weight excluding hydrogens is 250 g/mol. The maximum atomic E-state index is 8.85. The molecule has 0 spiro atoms. The number of hydrogen-bond acceptors (Lipinski definition) is 3. The van der Waals surface area contributed by atoms with Gasteiger partial charge in [0.1, 0.15) is 0 Å². The molecule has 0 bridgehead atoms. The van der Waals surface area contributed by atoms with Gasteiger partial charge in [-0.05, 0) is 34.0 Å². The third kappa shape index (κ3) is 1.75. The topological polar surface area (TPSA) is 33.1 Å². The number of rotatable bonds is 2. The van der Waals surface area contributed by atoms with Gasteiger partial charge in [0.25, 0.3) is 0 Å². The minimum absolute atomic E-state index is 0.175. The molecule has 0 atom stereocenters. The Kier molecular flexibility index (Phi) is 2.62. The predicted octanol–water partition coefficient (Wildman–Crippen LogP) is 2.59. The van der Waals surface area contributed by atoms with Gasteiger partial charge >= 0.3 is 0 Å². The van der Waals surface area contributed by atoms with E-state index in [1.54, 1.807) is 11.3 Å². The van der Waals surface area contributed by atoms with Crippen LogP contribution in [0.25, 0.3) is 10.2 Å². The van der Waals surface area contributed by atoms with Crippen molar-refractivity contribution in [2.24, 2.45) is 0 Å². The molecule has 0 aliphatic carbocycles. The molecule has 1 aromatic heterocycles. The van der Waals surface area contributed by atoms with Crippen molar-refractivity contribution in [3.63, 3.8) is 0 Å². The molecule has 2 aromatic rings. The molecular formula is C9H8BrNOS. The number of aromatic nitrogens is 1. The minimum atomic E-state index is 0.175. The first-order valence-corrected chi connectivity index (χ1v) is 5.57. The molecule has 13 heavy (non-hydrogen) atoms. The molecule has 0 aliphatic heterocycles. The van der Waals surface area contributed by atoms with Crippen molar-refractivity contribution in [3.8, 4) is 0 Å². The minimum Gasteiger partial charge on any atom is -0.396 e. The monoisotopic (exact) mass is 257 g/mol. The van der Waals surface area contributed by atoms with E-state index < -0.39 is 0 Å². The molecule has 2 nitrogen and oxygen atoms in total. The second-order valence-corrected chi connectivity index (χ2v) is 5.01. The number of aliphatic hydroxyl groups excluding tert-OH is 1. The van der Waals surface area contributed by atoms with Crippen LogP contribution in [0, 0.1) is 0 Å². The number of benzene rings is 1. The highest BCUT2D eigenvalue weighted by Gasteiger charge is 2.05. The van der Waals surface area contributed by atoms with E-state index in [4.69, 9.17) is 5.11 Å². The molecule has 0 radical (unpaired) electrons. The van der Waals surface area contributed by atoms with Crippen LogP contribution in [0.4, 0.5) is 0 Å². The Bertz CT molecular complexity index is 426. The van der Waals surface area contributed by atoms with E-state index in [2.05, 4.69) is 20.9 Å². The molecule has 1 N–H and O–H groups in total. The maximum Gasteiger partial charge on any atom is 0.160 e. The van der Waals surface area contributed by atoms with E-state index in [1.807, 2.05) is 18.2 Å². The summed E-state index contributed by atoms with van der Waals surface area (Å²) in [5.41, 5.74) is 2.12. The Morgan fingerprint density at radius 1 is 1.46 bits per heavy atom. The molecule has 2 rings (SSSR count). The van der Waals surface area contributed by atoms with Gasteiger partial charge in [-0.1, -0.05) is 12.1 Å². The quantitative estimate of drug-likeness (QED) is 0.898. The van der Waals surface area contributed by atoms with Crippen LogP contribution in [-0.2, 0) is 6.42 Å². The zero-order valence-corrected chi connectivity index (χ0v) is 9.23. The Morgan fingerprint density at radius 2 is 2.31 bits per heavy atom. The van der Waals surface area contributed by atoms with Crippen molar-refractivity contribution in [1.29, 1.82) is 0 Å². The predicted molar refractivity (Wildman–Crippen MR) is 58.1 cm³/mol. The van der Waals surface area contributed by atoms with Crippen LogP contribution in [0.3, 0.4) is 0 Å². The summed E-state index contributed by atoms with van der Waals surface area (Å²) in [4.78, 5) is 4.36. The first-order chi connectivity index (χ1) is 6.31. The van der Waals surface area contributed by atoms with Gasteiger partial charge in [0.15, 0.2) is 3.92 Å². The number of aliphatic hydroxyl groups is 1. The van der Waals surface area contributed by atoms with Crippen LogP contribution in [-0.4, -0.2) is 16.7 Å². The Morgan fingerprint density at radius 3 is 3.08 bits per heavy atom. The van der Waals surface area contributed by atoms with Gasteiger partial charge < -0.3 is 5.11 Å². The van der Waals surface area contributed by atoms with Crippen LogP contribution in [0.2, 0.25) is 0 Å². The van der Waals surface area contributed by atoms with E-state index >= 15 is 0 Å². The van der Waals surface area contributed by atoms with E-state index in [0.29, 0.717) is 6.42 Å². The highest BCUT2D eigenvalue weighted by molar-refractivity contribution is 9.11. The van der Waals surface area contributed by atoms with E-state index in [9.17, 15) is 0 Å². The Balaban J connectivity index is 2.60. The average molecular weight is 258 g/mol. The zero-order valence-electron chi connectivity index (χ0n) is 6.83. The summed E-state index contributed by atoms with van der Waals surface area (Å²) in [7, 11) is 0. The lowest BCUT2D eigenvalue weighted by atomic mass is 10.1. The summed E-state index contributed by atoms with van der Waals surface area (Å²) in [5.74, 6) is 0. The summed E-state index contributed by atoms with van der Waals surface area (Å²) in [6.45, 7) is 0.175. The van der Waals surface area contributed by atoms with Crippen LogP contribution in [0.1, 0.15) is 5.56 Å². The van der Waals surface area contributed by atoms with Gasteiger partial charge in [-0.25, -0.2) is 4.98 Å². The number of fused-ring (bicyclic) bond motifs is 1. The van der Waals surface area contributed by atoms with Crippen LogP contribution in [0.15, 0.2) is 22.1 Å². The van der Waals surface area contributed by atoms with E-state index in [-0.39, 0.29) is 6.61 Å². The molecule has 1 aromatic carbocycles. The maximum absolute atomic E-state index is 8.85. The number of thiazole rings is 1. The Labute approximate surface area is 88.4 Å². The fourth-order valence-electron chi connectivity index (χ4n) is 1.30. The van der Waals surface area contributed by atoms with Crippen molar-refractivity contribution < 1.29 is 5.11 Å². The van der Waals surface area contributed by atoms with Gasteiger partial charge in [0.2, 0.25) is 0 Å². The third-order valence-corrected chi connectivity index (χ3v) is 3.33. The number of para-hydroxylation sites is 1. The summed E-state index contributed by atoms with van der Waals surface area (Å²) < 4.78 is 2.06. The summed E-state index contributed by atoms with van der Waals surface area (Å²) in [6, 6.07) is 6.04. The van der Waals surface area contributed by atoms with Crippen LogP contribution >= 0.6 is 27.3 Å². The molecule has 68 valence electrons. The molecule has 4 heteroatoms. The van der Waals surface area contributed by atoms with E-state index in [1.165, 1.54) is 0 Å². The smallest absolute Gasteiger partial charge is 0.160 e. The summed E-state index contributed by atoms with van der Waals surface area (Å²) in [5, 5.41) is 8.85. The van der Waals surface area contributed by atoms with Crippen molar-refractivity contribution >= 4 is 37.5 Å². The highest BCUT2D eigenvalue weighted by atomic mass is 79.9. The molecule has 0 amide bonds. The first kappa shape index (κ1) is 9.12. The van der Waals surface area contributed by atoms with Crippen molar-refractivity contribution in [1.82, 2.24) is 4.98 Å². The zero-order chi connectivity index (χ0) is 9.26. The molecule has 0 saturated carbocycles.